The molecule has 7 nitrogen and oxygen atoms in total. The Bertz CT molecular complexity index is 869. The number of piperidine rings is 1. The number of hydrogen-bond donors (Lipinski definition) is 1. The second-order valence-corrected chi connectivity index (χ2v) is 6.23. The van der Waals surface area contributed by atoms with Crippen molar-refractivity contribution >= 4 is 28.6 Å². The predicted octanol–water partition coefficient (Wildman–Crippen LogP) is 3.36. The number of aromatic nitrogens is 4. The lowest BCUT2D eigenvalue weighted by molar-refractivity contribution is 0.314. The van der Waals surface area contributed by atoms with Crippen molar-refractivity contribution in [2.75, 3.05) is 23.3 Å². The Hall–Kier alpha value is -2.70. The number of rotatable bonds is 3. The van der Waals surface area contributed by atoms with Crippen LogP contribution in [0.3, 0.4) is 0 Å². The van der Waals surface area contributed by atoms with E-state index in [0.717, 1.165) is 24.6 Å². The van der Waals surface area contributed by atoms with Crippen molar-refractivity contribution in [1.82, 2.24) is 20.3 Å². The third-order valence-electron chi connectivity index (χ3n) is 4.61. The number of nitrogens with one attached hydrogen (secondary N) is 1. The van der Waals surface area contributed by atoms with E-state index in [1.165, 1.54) is 30.4 Å². The molecule has 0 unspecified atom stereocenters. The zero-order valence-electron chi connectivity index (χ0n) is 13.9. The molecule has 1 N–H and O–H groups in total. The maximum absolute atomic E-state index is 4.78. The van der Waals surface area contributed by atoms with Crippen LogP contribution in [0.1, 0.15) is 30.4 Å². The molecule has 2 aromatic heterocycles. The van der Waals surface area contributed by atoms with Crippen molar-refractivity contribution < 1.29 is 4.63 Å². The van der Waals surface area contributed by atoms with Crippen LogP contribution >= 0.6 is 0 Å². The van der Waals surface area contributed by atoms with E-state index in [9.17, 15) is 0 Å². The van der Waals surface area contributed by atoms with E-state index >= 15 is 0 Å². The smallest absolute Gasteiger partial charge is 0.245 e. The standard InChI is InChI=1S/C17H20N6O/c1-11-7-6-8-13(12(11)2)18-16-17(23-9-4-3-5-10-23)20-15-14(19-16)21-24-22-15/h6-8H,3-5,9-10H2,1-2H3,(H,18,19,21). The molecule has 1 fully saturated rings. The predicted molar refractivity (Wildman–Crippen MR) is 92.7 cm³/mol. The zero-order valence-corrected chi connectivity index (χ0v) is 13.9. The Morgan fingerprint density at radius 3 is 2.54 bits per heavy atom. The van der Waals surface area contributed by atoms with Crippen LogP contribution in [0.15, 0.2) is 22.8 Å². The lowest BCUT2D eigenvalue weighted by Crippen LogP contribution is -2.31. The van der Waals surface area contributed by atoms with E-state index in [-0.39, 0.29) is 0 Å². The highest BCUT2D eigenvalue weighted by atomic mass is 16.6. The molecule has 7 heteroatoms. The number of nitrogens with zero attached hydrogens (tertiary/aromatic N) is 5. The first-order chi connectivity index (χ1) is 11.7. The van der Waals surface area contributed by atoms with Gasteiger partial charge in [0.05, 0.1) is 0 Å². The normalized spacial score (nSPS) is 15.0. The molecular weight excluding hydrogens is 304 g/mol. The molecule has 1 saturated heterocycles. The van der Waals surface area contributed by atoms with Crippen molar-refractivity contribution in [1.29, 1.82) is 0 Å². The van der Waals surface area contributed by atoms with Gasteiger partial charge in [0.15, 0.2) is 11.6 Å². The van der Waals surface area contributed by atoms with Crippen molar-refractivity contribution in [3.63, 3.8) is 0 Å². The van der Waals surface area contributed by atoms with Gasteiger partial charge >= 0.3 is 0 Å². The lowest BCUT2D eigenvalue weighted by Gasteiger charge is -2.29. The first-order valence-corrected chi connectivity index (χ1v) is 8.31. The van der Waals surface area contributed by atoms with Gasteiger partial charge in [-0.2, -0.15) is 0 Å². The molecule has 0 atom stereocenters. The van der Waals surface area contributed by atoms with Gasteiger partial charge in [0, 0.05) is 18.8 Å². The maximum atomic E-state index is 4.78. The molecule has 1 aliphatic heterocycles. The SMILES string of the molecule is Cc1cccc(Nc2nc3nonc3nc2N2CCCCC2)c1C. The minimum absolute atomic E-state index is 0.420. The van der Waals surface area contributed by atoms with Crippen LogP contribution in [0, 0.1) is 13.8 Å². The third-order valence-corrected chi connectivity index (χ3v) is 4.61. The maximum Gasteiger partial charge on any atom is 0.245 e. The van der Waals surface area contributed by atoms with E-state index < -0.39 is 0 Å². The second-order valence-electron chi connectivity index (χ2n) is 6.23. The van der Waals surface area contributed by atoms with Gasteiger partial charge in [-0.25, -0.2) is 14.6 Å². The third kappa shape index (κ3) is 2.66. The van der Waals surface area contributed by atoms with Gasteiger partial charge in [0.2, 0.25) is 11.3 Å². The average Bonchev–Trinajstić information content (AvgIpc) is 3.06. The van der Waals surface area contributed by atoms with Gasteiger partial charge in [0.25, 0.3) is 0 Å². The zero-order chi connectivity index (χ0) is 16.5. The van der Waals surface area contributed by atoms with E-state index in [2.05, 4.69) is 56.5 Å². The summed E-state index contributed by atoms with van der Waals surface area (Å²) in [7, 11) is 0. The molecule has 0 spiro atoms. The summed E-state index contributed by atoms with van der Waals surface area (Å²) < 4.78 is 4.78. The summed E-state index contributed by atoms with van der Waals surface area (Å²) in [6.07, 6.45) is 3.59. The monoisotopic (exact) mass is 324 g/mol. The summed E-state index contributed by atoms with van der Waals surface area (Å²) in [5.41, 5.74) is 4.32. The number of hydrogen-bond acceptors (Lipinski definition) is 7. The minimum Gasteiger partial charge on any atom is -0.353 e. The van der Waals surface area contributed by atoms with Crippen LogP contribution in [0.25, 0.3) is 11.3 Å². The molecule has 0 bridgehead atoms. The molecular formula is C17H20N6O. The highest BCUT2D eigenvalue weighted by Gasteiger charge is 2.20. The Balaban J connectivity index is 1.78. The fourth-order valence-corrected chi connectivity index (χ4v) is 3.05. The van der Waals surface area contributed by atoms with Crippen molar-refractivity contribution in [3.8, 4) is 0 Å². The van der Waals surface area contributed by atoms with Gasteiger partial charge in [0.1, 0.15) is 0 Å². The van der Waals surface area contributed by atoms with Gasteiger partial charge in [-0.1, -0.05) is 12.1 Å². The number of anilines is 3. The Morgan fingerprint density at radius 1 is 1.00 bits per heavy atom. The van der Waals surface area contributed by atoms with E-state index in [1.807, 2.05) is 6.07 Å². The molecule has 3 heterocycles. The number of benzene rings is 1. The lowest BCUT2D eigenvalue weighted by atomic mass is 10.1. The summed E-state index contributed by atoms with van der Waals surface area (Å²) in [5, 5.41) is 11.1. The van der Waals surface area contributed by atoms with Crippen molar-refractivity contribution in [2.24, 2.45) is 0 Å². The van der Waals surface area contributed by atoms with E-state index in [0.29, 0.717) is 17.1 Å². The molecule has 0 amide bonds. The summed E-state index contributed by atoms with van der Waals surface area (Å²) in [5.74, 6) is 1.52. The van der Waals surface area contributed by atoms with Crippen LogP contribution < -0.4 is 10.2 Å². The Kier molecular flexibility index (Phi) is 3.76. The fourth-order valence-electron chi connectivity index (χ4n) is 3.05. The molecule has 124 valence electrons. The highest BCUT2D eigenvalue weighted by Crippen LogP contribution is 2.30. The molecule has 4 rings (SSSR count). The van der Waals surface area contributed by atoms with Crippen LogP contribution in [0.2, 0.25) is 0 Å². The summed E-state index contributed by atoms with van der Waals surface area (Å²) >= 11 is 0. The number of fused-ring (bicyclic) bond motifs is 1. The Labute approximate surface area is 140 Å². The van der Waals surface area contributed by atoms with Gasteiger partial charge in [-0.05, 0) is 60.6 Å². The van der Waals surface area contributed by atoms with Crippen molar-refractivity contribution in [3.05, 3.63) is 29.3 Å². The number of aryl methyl sites for hydroxylation is 1. The molecule has 1 aliphatic rings. The highest BCUT2D eigenvalue weighted by molar-refractivity contribution is 5.78. The first-order valence-electron chi connectivity index (χ1n) is 8.31. The van der Waals surface area contributed by atoms with E-state index in [1.54, 1.807) is 0 Å². The van der Waals surface area contributed by atoms with Crippen LogP contribution in [0.4, 0.5) is 17.3 Å². The molecule has 0 radical (unpaired) electrons. The first kappa shape index (κ1) is 14.9. The molecule has 24 heavy (non-hydrogen) atoms. The molecule has 1 aromatic carbocycles. The summed E-state index contributed by atoms with van der Waals surface area (Å²) in [6.45, 7) is 6.16. The van der Waals surface area contributed by atoms with Gasteiger partial charge in [-0.3, -0.25) is 0 Å². The Morgan fingerprint density at radius 2 is 1.75 bits per heavy atom. The molecule has 0 saturated carbocycles. The summed E-state index contributed by atoms with van der Waals surface area (Å²) in [6, 6.07) is 6.19. The molecule has 3 aromatic rings. The van der Waals surface area contributed by atoms with Crippen molar-refractivity contribution in [2.45, 2.75) is 33.1 Å². The summed E-state index contributed by atoms with van der Waals surface area (Å²) in [4.78, 5) is 11.5. The quantitative estimate of drug-likeness (QED) is 0.791. The fraction of sp³-hybridized carbons (Fsp3) is 0.412. The topological polar surface area (TPSA) is 80.0 Å². The second kappa shape index (κ2) is 6.07. The van der Waals surface area contributed by atoms with Gasteiger partial charge < -0.3 is 10.2 Å². The van der Waals surface area contributed by atoms with Crippen LogP contribution in [-0.2, 0) is 0 Å². The molecule has 0 aliphatic carbocycles. The van der Waals surface area contributed by atoms with Crippen LogP contribution in [0.5, 0.6) is 0 Å². The van der Waals surface area contributed by atoms with E-state index in [4.69, 9.17) is 4.63 Å². The largest absolute Gasteiger partial charge is 0.353 e. The minimum atomic E-state index is 0.420. The van der Waals surface area contributed by atoms with Crippen LogP contribution in [-0.4, -0.2) is 33.4 Å². The van der Waals surface area contributed by atoms with Gasteiger partial charge in [-0.15, -0.1) is 0 Å². The average molecular weight is 324 g/mol.